The van der Waals surface area contributed by atoms with E-state index in [-0.39, 0.29) is 5.91 Å². The average molecular weight is 338 g/mol. The highest BCUT2D eigenvalue weighted by molar-refractivity contribution is 6.31. The first-order valence-electron chi connectivity index (χ1n) is 7.11. The maximum Gasteiger partial charge on any atom is 0.221 e. The molecule has 0 atom stereocenters. The number of amides is 1. The lowest BCUT2D eigenvalue weighted by Crippen LogP contribution is -2.05. The number of hydrogen-bond donors (Lipinski definition) is 1. The molecule has 0 bridgehead atoms. The van der Waals surface area contributed by atoms with Gasteiger partial charge in [0.1, 0.15) is 11.8 Å². The van der Waals surface area contributed by atoms with Crippen LogP contribution in [0.15, 0.2) is 48.5 Å². The highest BCUT2D eigenvalue weighted by atomic mass is 35.5. The third-order valence-corrected chi connectivity index (χ3v) is 3.50. The zero-order chi connectivity index (χ0) is 17.1. The molecule has 3 rings (SSSR count). The number of hydrogen-bond acceptors (Lipinski definition) is 4. The predicted octanol–water partition coefficient (Wildman–Crippen LogP) is 4.51. The molecule has 0 radical (unpaired) electrons. The fourth-order valence-corrected chi connectivity index (χ4v) is 2.42. The lowest BCUT2D eigenvalue weighted by atomic mass is 10.1. The van der Waals surface area contributed by atoms with Crippen molar-refractivity contribution in [3.8, 4) is 17.7 Å². The van der Waals surface area contributed by atoms with Crippen LogP contribution in [0.25, 0.3) is 10.9 Å². The molecular formula is C18H12ClN3O2. The second kappa shape index (κ2) is 6.57. The topological polar surface area (TPSA) is 75.0 Å². The molecule has 0 saturated heterocycles. The molecule has 2 aromatic carbocycles. The first-order valence-corrected chi connectivity index (χ1v) is 7.49. The normalized spacial score (nSPS) is 10.2. The summed E-state index contributed by atoms with van der Waals surface area (Å²) in [6.45, 7) is 1.44. The Morgan fingerprint density at radius 1 is 1.21 bits per heavy atom. The van der Waals surface area contributed by atoms with Crippen LogP contribution in [0.2, 0.25) is 5.02 Å². The van der Waals surface area contributed by atoms with Gasteiger partial charge in [0, 0.05) is 29.1 Å². The number of nitriles is 1. The number of anilines is 1. The quantitative estimate of drug-likeness (QED) is 0.763. The molecule has 3 aromatic rings. The lowest BCUT2D eigenvalue weighted by molar-refractivity contribution is -0.114. The summed E-state index contributed by atoms with van der Waals surface area (Å²) in [7, 11) is 0. The summed E-state index contributed by atoms with van der Waals surface area (Å²) in [5.74, 6) is 0.722. The Bertz CT molecular complexity index is 962. The van der Waals surface area contributed by atoms with E-state index in [0.717, 1.165) is 0 Å². The van der Waals surface area contributed by atoms with Crippen LogP contribution < -0.4 is 10.1 Å². The maximum absolute atomic E-state index is 11.0. The third kappa shape index (κ3) is 3.45. The average Bonchev–Trinajstić information content (AvgIpc) is 2.56. The van der Waals surface area contributed by atoms with Crippen molar-refractivity contribution in [1.82, 2.24) is 4.98 Å². The van der Waals surface area contributed by atoms with Gasteiger partial charge in [-0.25, -0.2) is 4.98 Å². The fourth-order valence-electron chi connectivity index (χ4n) is 2.25. The Kier molecular flexibility index (Phi) is 4.32. The van der Waals surface area contributed by atoms with E-state index >= 15 is 0 Å². The van der Waals surface area contributed by atoms with E-state index in [0.29, 0.717) is 38.8 Å². The van der Waals surface area contributed by atoms with Gasteiger partial charge in [-0.1, -0.05) is 11.6 Å². The second-order valence-corrected chi connectivity index (χ2v) is 5.53. The van der Waals surface area contributed by atoms with Crippen LogP contribution >= 0.6 is 11.6 Å². The minimum Gasteiger partial charge on any atom is -0.439 e. The van der Waals surface area contributed by atoms with Crippen molar-refractivity contribution in [2.45, 2.75) is 6.92 Å². The molecule has 6 heteroatoms. The Morgan fingerprint density at radius 3 is 2.62 bits per heavy atom. The Labute approximate surface area is 143 Å². The Morgan fingerprint density at radius 2 is 1.96 bits per heavy atom. The van der Waals surface area contributed by atoms with Gasteiger partial charge in [0.25, 0.3) is 0 Å². The fraction of sp³-hybridized carbons (Fsp3) is 0.0556. The highest BCUT2D eigenvalue weighted by Crippen LogP contribution is 2.28. The van der Waals surface area contributed by atoms with Crippen molar-refractivity contribution < 1.29 is 9.53 Å². The van der Waals surface area contributed by atoms with E-state index in [1.54, 1.807) is 48.5 Å². The molecule has 5 nitrogen and oxygen atoms in total. The van der Waals surface area contributed by atoms with E-state index in [2.05, 4.69) is 16.4 Å². The first kappa shape index (κ1) is 15.8. The third-order valence-electron chi connectivity index (χ3n) is 3.26. The van der Waals surface area contributed by atoms with Gasteiger partial charge in [-0.3, -0.25) is 4.79 Å². The summed E-state index contributed by atoms with van der Waals surface area (Å²) in [4.78, 5) is 15.4. The molecule has 0 aliphatic rings. The predicted molar refractivity (Wildman–Crippen MR) is 92.3 cm³/mol. The maximum atomic E-state index is 11.0. The van der Waals surface area contributed by atoms with Crippen molar-refractivity contribution in [3.63, 3.8) is 0 Å². The zero-order valence-electron chi connectivity index (χ0n) is 12.7. The number of rotatable bonds is 3. The SMILES string of the molecule is CC(=O)Nc1ccc(Oc2cc(C#N)c3cc(Cl)ccc3n2)cc1. The van der Waals surface area contributed by atoms with Crippen LogP contribution in [0.4, 0.5) is 5.69 Å². The molecule has 0 fully saturated rings. The standard InChI is InChI=1S/C18H12ClN3O2/c1-11(23)21-14-3-5-15(6-4-14)24-18-8-12(10-20)16-9-13(19)2-7-17(16)22-18/h2-9H,1H3,(H,21,23). The molecule has 0 unspecified atom stereocenters. The van der Waals surface area contributed by atoms with Gasteiger partial charge in [0.15, 0.2) is 0 Å². The number of pyridine rings is 1. The lowest BCUT2D eigenvalue weighted by Gasteiger charge is -2.08. The van der Waals surface area contributed by atoms with Crippen molar-refractivity contribution in [2.75, 3.05) is 5.32 Å². The van der Waals surface area contributed by atoms with E-state index in [1.165, 1.54) is 6.92 Å². The van der Waals surface area contributed by atoms with Gasteiger partial charge < -0.3 is 10.1 Å². The molecule has 1 N–H and O–H groups in total. The van der Waals surface area contributed by atoms with E-state index < -0.39 is 0 Å². The molecule has 0 spiro atoms. The van der Waals surface area contributed by atoms with Crippen molar-refractivity contribution in [3.05, 3.63) is 59.1 Å². The first-order chi connectivity index (χ1) is 11.5. The minimum atomic E-state index is -0.141. The largest absolute Gasteiger partial charge is 0.439 e. The van der Waals surface area contributed by atoms with Crippen LogP contribution in [0.1, 0.15) is 12.5 Å². The van der Waals surface area contributed by atoms with Gasteiger partial charge in [-0.05, 0) is 42.5 Å². The van der Waals surface area contributed by atoms with Crippen molar-refractivity contribution >= 4 is 34.1 Å². The molecule has 0 aliphatic carbocycles. The molecule has 24 heavy (non-hydrogen) atoms. The molecule has 0 saturated carbocycles. The number of fused-ring (bicyclic) bond motifs is 1. The van der Waals surface area contributed by atoms with Gasteiger partial charge >= 0.3 is 0 Å². The Balaban J connectivity index is 1.91. The molecule has 1 heterocycles. The second-order valence-electron chi connectivity index (χ2n) is 5.09. The monoisotopic (exact) mass is 337 g/mol. The molecule has 1 aromatic heterocycles. The van der Waals surface area contributed by atoms with E-state index in [9.17, 15) is 10.1 Å². The summed E-state index contributed by atoms with van der Waals surface area (Å²) in [5.41, 5.74) is 1.74. The smallest absolute Gasteiger partial charge is 0.221 e. The van der Waals surface area contributed by atoms with Gasteiger partial charge in [0.2, 0.25) is 11.8 Å². The zero-order valence-corrected chi connectivity index (χ0v) is 13.5. The van der Waals surface area contributed by atoms with Crippen molar-refractivity contribution in [2.24, 2.45) is 0 Å². The summed E-state index contributed by atoms with van der Waals surface area (Å²) >= 11 is 5.97. The number of benzene rings is 2. The van der Waals surface area contributed by atoms with Gasteiger partial charge in [-0.15, -0.1) is 0 Å². The number of carbonyl (C=O) groups is 1. The van der Waals surface area contributed by atoms with E-state index in [4.69, 9.17) is 16.3 Å². The summed E-state index contributed by atoms with van der Waals surface area (Å²) in [6, 6.07) is 15.7. The minimum absolute atomic E-state index is 0.141. The molecular weight excluding hydrogens is 326 g/mol. The summed E-state index contributed by atoms with van der Waals surface area (Å²) in [5, 5.41) is 13.2. The number of nitrogens with zero attached hydrogens (tertiary/aromatic N) is 2. The number of aromatic nitrogens is 1. The summed E-state index contributed by atoms with van der Waals surface area (Å²) in [6.07, 6.45) is 0. The van der Waals surface area contributed by atoms with Gasteiger partial charge in [0.05, 0.1) is 11.1 Å². The van der Waals surface area contributed by atoms with Crippen molar-refractivity contribution in [1.29, 1.82) is 5.26 Å². The summed E-state index contributed by atoms with van der Waals surface area (Å²) < 4.78 is 5.71. The molecule has 0 aliphatic heterocycles. The Hall–Kier alpha value is -3.10. The molecule has 1 amide bonds. The van der Waals surface area contributed by atoms with Crippen LogP contribution in [0.3, 0.4) is 0 Å². The number of carbonyl (C=O) groups excluding carboxylic acids is 1. The number of halogens is 1. The van der Waals surface area contributed by atoms with E-state index in [1.807, 2.05) is 0 Å². The number of ether oxygens (including phenoxy) is 1. The highest BCUT2D eigenvalue weighted by Gasteiger charge is 2.08. The number of nitrogens with one attached hydrogen (secondary N) is 1. The van der Waals surface area contributed by atoms with Gasteiger partial charge in [-0.2, -0.15) is 5.26 Å². The molecule has 118 valence electrons. The van der Waals surface area contributed by atoms with Crippen LogP contribution in [-0.4, -0.2) is 10.9 Å². The van der Waals surface area contributed by atoms with Crippen LogP contribution in [0.5, 0.6) is 11.6 Å². The van der Waals surface area contributed by atoms with Crippen LogP contribution in [-0.2, 0) is 4.79 Å². The van der Waals surface area contributed by atoms with Crippen LogP contribution in [0, 0.1) is 11.3 Å².